The highest BCUT2D eigenvalue weighted by Gasteiger charge is 1.99. The average Bonchev–Trinajstić information content (AvgIpc) is 2.21. The number of aromatic nitrogens is 2. The molecule has 0 radical (unpaired) electrons. The minimum atomic E-state index is 0.416. The second-order valence-electron chi connectivity index (χ2n) is 2.75. The molecule has 0 saturated heterocycles. The number of hydrogen-bond acceptors (Lipinski definition) is 2. The second kappa shape index (κ2) is 4.23. The Bertz CT molecular complexity index is 381. The first kappa shape index (κ1) is 9.86. The summed E-state index contributed by atoms with van der Waals surface area (Å²) in [7, 11) is 0. The quantitative estimate of drug-likeness (QED) is 0.754. The molecular formula is C10H6ClIN2. The Balaban J connectivity index is 2.40. The van der Waals surface area contributed by atoms with Gasteiger partial charge in [0.25, 0.3) is 0 Å². The average molecular weight is 317 g/mol. The lowest BCUT2D eigenvalue weighted by atomic mass is 10.1. The van der Waals surface area contributed by atoms with Crippen molar-refractivity contribution in [2.75, 3.05) is 0 Å². The Morgan fingerprint density at radius 1 is 0.929 bits per heavy atom. The van der Waals surface area contributed by atoms with Crippen molar-refractivity contribution >= 4 is 34.2 Å². The Morgan fingerprint density at radius 3 is 2.21 bits per heavy atom. The van der Waals surface area contributed by atoms with E-state index in [1.807, 2.05) is 30.3 Å². The number of benzene rings is 1. The van der Waals surface area contributed by atoms with Gasteiger partial charge in [-0.1, -0.05) is 23.7 Å². The zero-order valence-corrected chi connectivity index (χ0v) is 10.0. The first-order valence-corrected chi connectivity index (χ1v) is 5.46. The van der Waals surface area contributed by atoms with E-state index in [2.05, 4.69) is 32.8 Å². The minimum Gasteiger partial charge on any atom is -0.149 e. The van der Waals surface area contributed by atoms with Gasteiger partial charge in [0, 0.05) is 9.13 Å². The molecule has 1 heterocycles. The third-order valence-corrected chi connectivity index (χ3v) is 2.69. The fraction of sp³-hybridized carbons (Fsp3) is 0. The van der Waals surface area contributed by atoms with Gasteiger partial charge in [0.15, 0.2) is 5.15 Å². The molecule has 1 aromatic carbocycles. The highest BCUT2D eigenvalue weighted by Crippen LogP contribution is 2.18. The third-order valence-electron chi connectivity index (χ3n) is 1.77. The molecule has 0 fully saturated rings. The molecule has 0 amide bonds. The maximum absolute atomic E-state index is 5.65. The van der Waals surface area contributed by atoms with E-state index in [0.29, 0.717) is 5.15 Å². The van der Waals surface area contributed by atoms with Crippen LogP contribution in [0.5, 0.6) is 0 Å². The molecule has 0 spiro atoms. The highest BCUT2D eigenvalue weighted by molar-refractivity contribution is 14.1. The first-order valence-electron chi connectivity index (χ1n) is 4.01. The second-order valence-corrected chi connectivity index (χ2v) is 4.38. The topological polar surface area (TPSA) is 25.8 Å². The molecule has 14 heavy (non-hydrogen) atoms. The number of nitrogens with zero attached hydrogens (tertiary/aromatic N) is 2. The van der Waals surface area contributed by atoms with E-state index in [9.17, 15) is 0 Å². The summed E-state index contributed by atoms with van der Waals surface area (Å²) in [5.41, 5.74) is 1.89. The third kappa shape index (κ3) is 2.22. The Morgan fingerprint density at radius 2 is 1.64 bits per heavy atom. The van der Waals surface area contributed by atoms with Crippen LogP contribution in [0, 0.1) is 3.57 Å². The summed E-state index contributed by atoms with van der Waals surface area (Å²) in [6.45, 7) is 0. The van der Waals surface area contributed by atoms with Crippen molar-refractivity contribution < 1.29 is 0 Å². The summed E-state index contributed by atoms with van der Waals surface area (Å²) in [6, 6.07) is 11.7. The van der Waals surface area contributed by atoms with Crippen molar-refractivity contribution in [3.05, 3.63) is 45.1 Å². The van der Waals surface area contributed by atoms with Crippen LogP contribution in [0.1, 0.15) is 0 Å². The molecule has 0 aliphatic rings. The van der Waals surface area contributed by atoms with Crippen LogP contribution in [-0.4, -0.2) is 10.2 Å². The van der Waals surface area contributed by atoms with Crippen LogP contribution in [0.4, 0.5) is 0 Å². The predicted octanol–water partition coefficient (Wildman–Crippen LogP) is 3.40. The molecule has 0 saturated carbocycles. The Kier molecular flexibility index (Phi) is 2.98. The van der Waals surface area contributed by atoms with Gasteiger partial charge in [-0.25, -0.2) is 0 Å². The van der Waals surface area contributed by atoms with Crippen molar-refractivity contribution in [3.8, 4) is 11.3 Å². The highest BCUT2D eigenvalue weighted by atomic mass is 127. The molecule has 0 N–H and O–H groups in total. The van der Waals surface area contributed by atoms with Crippen molar-refractivity contribution in [2.45, 2.75) is 0 Å². The lowest BCUT2D eigenvalue weighted by Gasteiger charge is -1.99. The van der Waals surface area contributed by atoms with Gasteiger partial charge < -0.3 is 0 Å². The monoisotopic (exact) mass is 316 g/mol. The molecule has 1 aromatic heterocycles. The van der Waals surface area contributed by atoms with Gasteiger partial charge in [0.2, 0.25) is 0 Å². The van der Waals surface area contributed by atoms with Gasteiger partial charge in [-0.2, -0.15) is 0 Å². The van der Waals surface area contributed by atoms with E-state index in [4.69, 9.17) is 11.6 Å². The summed E-state index contributed by atoms with van der Waals surface area (Å²) in [5.74, 6) is 0. The van der Waals surface area contributed by atoms with Crippen LogP contribution in [0.2, 0.25) is 5.15 Å². The van der Waals surface area contributed by atoms with Gasteiger partial charge >= 0.3 is 0 Å². The zero-order chi connectivity index (χ0) is 9.97. The van der Waals surface area contributed by atoms with Gasteiger partial charge in [0.05, 0.1) is 5.69 Å². The summed E-state index contributed by atoms with van der Waals surface area (Å²) in [4.78, 5) is 0. The normalized spacial score (nSPS) is 10.1. The van der Waals surface area contributed by atoms with E-state index in [1.165, 1.54) is 3.57 Å². The molecule has 0 aliphatic heterocycles. The van der Waals surface area contributed by atoms with Crippen molar-refractivity contribution in [2.24, 2.45) is 0 Å². The fourth-order valence-corrected chi connectivity index (χ4v) is 1.55. The summed E-state index contributed by atoms with van der Waals surface area (Å²) in [6.07, 6.45) is 0. The Labute approximate surface area is 100 Å². The van der Waals surface area contributed by atoms with Crippen LogP contribution < -0.4 is 0 Å². The van der Waals surface area contributed by atoms with E-state index >= 15 is 0 Å². The van der Waals surface area contributed by atoms with E-state index in [0.717, 1.165) is 11.3 Å². The molecular weight excluding hydrogens is 310 g/mol. The number of rotatable bonds is 1. The van der Waals surface area contributed by atoms with E-state index in [1.54, 1.807) is 6.07 Å². The summed E-state index contributed by atoms with van der Waals surface area (Å²) < 4.78 is 1.20. The molecule has 2 aromatic rings. The van der Waals surface area contributed by atoms with E-state index in [-0.39, 0.29) is 0 Å². The van der Waals surface area contributed by atoms with Gasteiger partial charge in [-0.05, 0) is 46.9 Å². The van der Waals surface area contributed by atoms with Crippen LogP contribution in [0.3, 0.4) is 0 Å². The zero-order valence-electron chi connectivity index (χ0n) is 7.11. The molecule has 0 bridgehead atoms. The largest absolute Gasteiger partial charge is 0.151 e. The smallest absolute Gasteiger partial charge is 0.149 e. The molecule has 70 valence electrons. The summed E-state index contributed by atoms with van der Waals surface area (Å²) in [5, 5.41) is 8.20. The molecule has 0 aliphatic carbocycles. The van der Waals surface area contributed by atoms with Crippen LogP contribution in [0.25, 0.3) is 11.3 Å². The standard InChI is InChI=1S/C10H6ClIN2/c11-10-6-5-9(13-14-10)7-1-3-8(12)4-2-7/h1-6H. The maximum Gasteiger partial charge on any atom is 0.151 e. The number of hydrogen-bond donors (Lipinski definition) is 0. The summed E-state index contributed by atoms with van der Waals surface area (Å²) >= 11 is 7.91. The molecule has 0 atom stereocenters. The molecule has 0 unspecified atom stereocenters. The van der Waals surface area contributed by atoms with Crippen molar-refractivity contribution in [1.29, 1.82) is 0 Å². The lowest BCUT2D eigenvalue weighted by Crippen LogP contribution is -1.86. The van der Waals surface area contributed by atoms with Gasteiger partial charge in [-0.3, -0.25) is 0 Å². The van der Waals surface area contributed by atoms with Crippen LogP contribution in [-0.2, 0) is 0 Å². The molecule has 4 heteroatoms. The SMILES string of the molecule is Clc1ccc(-c2ccc(I)cc2)nn1. The Hall–Kier alpha value is -0.680. The predicted molar refractivity (Wildman–Crippen MR) is 65.2 cm³/mol. The van der Waals surface area contributed by atoms with Crippen LogP contribution >= 0.6 is 34.2 Å². The van der Waals surface area contributed by atoms with Crippen molar-refractivity contribution in [1.82, 2.24) is 10.2 Å². The molecule has 2 rings (SSSR count). The van der Waals surface area contributed by atoms with Gasteiger partial charge in [0.1, 0.15) is 0 Å². The van der Waals surface area contributed by atoms with Gasteiger partial charge in [-0.15, -0.1) is 10.2 Å². The molecule has 2 nitrogen and oxygen atoms in total. The maximum atomic E-state index is 5.65. The van der Waals surface area contributed by atoms with E-state index < -0.39 is 0 Å². The van der Waals surface area contributed by atoms with Crippen molar-refractivity contribution in [3.63, 3.8) is 0 Å². The minimum absolute atomic E-state index is 0.416. The fourth-order valence-electron chi connectivity index (χ4n) is 1.09. The lowest BCUT2D eigenvalue weighted by molar-refractivity contribution is 1.04. The van der Waals surface area contributed by atoms with Crippen LogP contribution in [0.15, 0.2) is 36.4 Å². The number of halogens is 2. The first-order chi connectivity index (χ1) is 6.75.